The van der Waals surface area contributed by atoms with Crippen LogP contribution in [0.4, 0.5) is 16.2 Å². The molecule has 0 aliphatic carbocycles. The van der Waals surface area contributed by atoms with Gasteiger partial charge < -0.3 is 18.9 Å². The summed E-state index contributed by atoms with van der Waals surface area (Å²) in [6.07, 6.45) is 3.63. The van der Waals surface area contributed by atoms with Gasteiger partial charge in [-0.2, -0.15) is 10.2 Å². The molecule has 0 fully saturated rings. The molecule has 0 aromatic heterocycles. The molecule has 2 N–H and O–H groups in total. The fourth-order valence-corrected chi connectivity index (χ4v) is 3.35. The average molecular weight is 589 g/mol. The number of rotatable bonds is 16. The van der Waals surface area contributed by atoms with Gasteiger partial charge in [0.05, 0.1) is 73.0 Å². The lowest BCUT2D eigenvalue weighted by Gasteiger charge is -2.12. The molecule has 0 aliphatic rings. The summed E-state index contributed by atoms with van der Waals surface area (Å²) in [4.78, 5) is 34.2. The predicted molar refractivity (Wildman–Crippen MR) is 156 cm³/mol. The summed E-state index contributed by atoms with van der Waals surface area (Å²) in [5.41, 5.74) is 3.72. The van der Waals surface area contributed by atoms with Crippen molar-refractivity contribution in [1.29, 1.82) is 0 Å². The van der Waals surface area contributed by atoms with Gasteiger partial charge in [0, 0.05) is 0 Å². The summed E-state index contributed by atoms with van der Waals surface area (Å²) in [5, 5.41) is 30.7. The lowest BCUT2D eigenvalue weighted by molar-refractivity contribution is -0.385. The molecule has 0 spiro atoms. The number of ether oxygens (including phenoxy) is 4. The Balaban J connectivity index is 2.12. The van der Waals surface area contributed by atoms with Crippen molar-refractivity contribution >= 4 is 29.8 Å². The third kappa shape index (κ3) is 10.2. The summed E-state index contributed by atoms with van der Waals surface area (Å²) < 4.78 is 21.9. The lowest BCUT2D eigenvalue weighted by Crippen LogP contribution is -2.28. The van der Waals surface area contributed by atoms with E-state index in [1.807, 2.05) is 27.7 Å². The van der Waals surface area contributed by atoms with Crippen molar-refractivity contribution in [3.63, 3.8) is 0 Å². The second-order valence-corrected chi connectivity index (χ2v) is 9.77. The Morgan fingerprint density at radius 2 is 1.14 bits per heavy atom. The van der Waals surface area contributed by atoms with E-state index in [0.29, 0.717) is 25.0 Å². The minimum atomic E-state index is -0.908. The van der Waals surface area contributed by atoms with Crippen molar-refractivity contribution in [2.75, 3.05) is 27.4 Å². The Morgan fingerprint density at radius 1 is 0.762 bits per heavy atom. The molecule has 228 valence electrons. The van der Waals surface area contributed by atoms with Gasteiger partial charge in [-0.1, -0.05) is 27.7 Å². The molecule has 15 nitrogen and oxygen atoms in total. The van der Waals surface area contributed by atoms with Crippen molar-refractivity contribution < 1.29 is 33.6 Å². The number of carbonyl (C=O) groups is 1. The van der Waals surface area contributed by atoms with Crippen molar-refractivity contribution in [2.45, 2.75) is 40.5 Å². The van der Waals surface area contributed by atoms with Crippen LogP contribution in [-0.2, 0) is 0 Å². The lowest BCUT2D eigenvalue weighted by atomic mass is 10.1. The van der Waals surface area contributed by atoms with E-state index in [2.05, 4.69) is 21.1 Å². The van der Waals surface area contributed by atoms with E-state index in [0.717, 1.165) is 25.3 Å². The maximum Gasteiger partial charge on any atom is 0.355 e. The molecule has 0 unspecified atom stereocenters. The molecule has 2 aromatic rings. The first-order chi connectivity index (χ1) is 20.0. The Morgan fingerprint density at radius 3 is 1.45 bits per heavy atom. The summed E-state index contributed by atoms with van der Waals surface area (Å²) >= 11 is 0. The smallest absolute Gasteiger partial charge is 0.355 e. The quantitative estimate of drug-likeness (QED) is 0.154. The molecular formula is C27H36N6O9. The molecule has 2 amide bonds. The average Bonchev–Trinajstić information content (AvgIpc) is 2.92. The minimum Gasteiger partial charge on any atom is -0.493 e. The minimum absolute atomic E-state index is 0.0512. The van der Waals surface area contributed by atoms with Crippen LogP contribution in [0.5, 0.6) is 23.0 Å². The number of hydrazone groups is 2. The van der Waals surface area contributed by atoms with Crippen molar-refractivity contribution in [3.05, 3.63) is 55.6 Å². The Hall–Kier alpha value is -4.95. The third-order valence-electron chi connectivity index (χ3n) is 5.66. The number of methoxy groups -OCH3 is 2. The maximum absolute atomic E-state index is 12.2. The summed E-state index contributed by atoms with van der Waals surface area (Å²) in [5.74, 6) is 1.71. The van der Waals surface area contributed by atoms with Crippen LogP contribution >= 0.6 is 0 Å². The normalized spacial score (nSPS) is 11.2. The molecule has 2 rings (SSSR count). The van der Waals surface area contributed by atoms with Gasteiger partial charge >= 0.3 is 6.03 Å². The van der Waals surface area contributed by atoms with Crippen LogP contribution in [-0.4, -0.2) is 55.7 Å². The second kappa shape index (κ2) is 16.3. The highest BCUT2D eigenvalue weighted by Crippen LogP contribution is 2.35. The van der Waals surface area contributed by atoms with Gasteiger partial charge in [-0.25, -0.2) is 15.6 Å². The van der Waals surface area contributed by atoms with E-state index in [9.17, 15) is 25.0 Å². The van der Waals surface area contributed by atoms with Crippen molar-refractivity contribution in [3.8, 4) is 23.0 Å². The molecule has 0 saturated heterocycles. The predicted octanol–water partition coefficient (Wildman–Crippen LogP) is 5.04. The van der Waals surface area contributed by atoms with Crippen LogP contribution in [0.25, 0.3) is 0 Å². The number of urea groups is 1. The van der Waals surface area contributed by atoms with E-state index in [4.69, 9.17) is 18.9 Å². The molecule has 0 aliphatic heterocycles. The van der Waals surface area contributed by atoms with Gasteiger partial charge in [0.15, 0.2) is 23.0 Å². The van der Waals surface area contributed by atoms with E-state index in [1.54, 1.807) is 0 Å². The topological polar surface area (TPSA) is 189 Å². The Kier molecular flexibility index (Phi) is 12.9. The SMILES string of the molecule is COc1cc(/C=N/NC(=O)N/N=C/c2cc(OC)c(OCCC(C)C)cc2[N+](=O)[O-])c([N+](=O)[O-])cc1OCCC(C)C. The Labute approximate surface area is 243 Å². The summed E-state index contributed by atoms with van der Waals surface area (Å²) in [6, 6.07) is 4.29. The molecule has 0 saturated carbocycles. The second-order valence-electron chi connectivity index (χ2n) is 9.77. The molecule has 0 bridgehead atoms. The molecule has 0 radical (unpaired) electrons. The van der Waals surface area contributed by atoms with E-state index < -0.39 is 15.9 Å². The highest BCUT2D eigenvalue weighted by molar-refractivity contribution is 5.89. The van der Waals surface area contributed by atoms with Gasteiger partial charge in [-0.15, -0.1) is 0 Å². The fraction of sp³-hybridized carbons (Fsp3) is 0.444. The number of hydrogen-bond acceptors (Lipinski definition) is 11. The van der Waals surface area contributed by atoms with Crippen molar-refractivity contribution in [2.24, 2.45) is 22.0 Å². The molecular weight excluding hydrogens is 552 g/mol. The van der Waals surface area contributed by atoms with Gasteiger partial charge in [0.1, 0.15) is 0 Å². The number of amides is 2. The monoisotopic (exact) mass is 588 g/mol. The molecule has 42 heavy (non-hydrogen) atoms. The first kappa shape index (κ1) is 33.3. The van der Waals surface area contributed by atoms with E-state index in [1.165, 1.54) is 38.5 Å². The number of nitro groups is 2. The molecule has 2 aromatic carbocycles. The number of nitrogens with one attached hydrogen (secondary N) is 2. The number of benzene rings is 2. The fourth-order valence-electron chi connectivity index (χ4n) is 3.35. The Bertz CT molecular complexity index is 1210. The number of nitro benzene ring substituents is 2. The first-order valence-corrected chi connectivity index (χ1v) is 13.1. The van der Waals surface area contributed by atoms with Crippen LogP contribution in [0.2, 0.25) is 0 Å². The zero-order chi connectivity index (χ0) is 31.2. The zero-order valence-corrected chi connectivity index (χ0v) is 24.4. The van der Waals surface area contributed by atoms with Crippen LogP contribution < -0.4 is 29.8 Å². The summed E-state index contributed by atoms with van der Waals surface area (Å²) in [7, 11) is 2.79. The zero-order valence-electron chi connectivity index (χ0n) is 24.4. The van der Waals surface area contributed by atoms with Crippen molar-refractivity contribution in [1.82, 2.24) is 10.9 Å². The van der Waals surface area contributed by atoms with E-state index >= 15 is 0 Å². The van der Waals surface area contributed by atoms with E-state index in [-0.39, 0.29) is 45.5 Å². The molecule has 0 heterocycles. The van der Waals surface area contributed by atoms with Gasteiger partial charge in [0.2, 0.25) is 0 Å². The standard InChI is InChI=1S/C27H36N6O9/c1-17(2)7-9-41-25-13-21(32(35)36)19(11-23(25)39-5)15-28-30-27(34)31-29-16-20-12-24(40-6)26(14-22(20)33(37)38)42-10-8-18(3)4/h11-18H,7-10H2,1-6H3,(H2,30,31,34)/b28-15+,29-16+. The molecule has 0 atom stereocenters. The number of carbonyl (C=O) groups excluding carboxylic acids is 1. The highest BCUT2D eigenvalue weighted by Gasteiger charge is 2.20. The van der Waals surface area contributed by atoms with Gasteiger partial charge in [0.25, 0.3) is 11.4 Å². The summed E-state index contributed by atoms with van der Waals surface area (Å²) in [6.45, 7) is 8.82. The van der Waals surface area contributed by atoms with Crippen LogP contribution in [0, 0.1) is 32.1 Å². The number of hydrogen-bond donors (Lipinski definition) is 2. The van der Waals surface area contributed by atoms with Gasteiger partial charge in [-0.05, 0) is 36.8 Å². The highest BCUT2D eigenvalue weighted by atomic mass is 16.6. The van der Waals surface area contributed by atoms with Crippen LogP contribution in [0.1, 0.15) is 51.7 Å². The van der Waals surface area contributed by atoms with Crippen LogP contribution in [0.3, 0.4) is 0 Å². The third-order valence-corrected chi connectivity index (χ3v) is 5.66. The van der Waals surface area contributed by atoms with Crippen LogP contribution in [0.15, 0.2) is 34.5 Å². The maximum atomic E-state index is 12.2. The first-order valence-electron chi connectivity index (χ1n) is 13.1. The largest absolute Gasteiger partial charge is 0.493 e. The molecule has 15 heteroatoms. The number of nitrogens with zero attached hydrogens (tertiary/aromatic N) is 4. The van der Waals surface area contributed by atoms with Gasteiger partial charge in [-0.3, -0.25) is 20.2 Å².